The summed E-state index contributed by atoms with van der Waals surface area (Å²) >= 11 is 0. The topological polar surface area (TPSA) is 157 Å². The van der Waals surface area contributed by atoms with Crippen LogP contribution in [0.25, 0.3) is 0 Å². The zero-order valence-corrected chi connectivity index (χ0v) is 23.3. The van der Waals surface area contributed by atoms with E-state index in [2.05, 4.69) is 15.4 Å². The Morgan fingerprint density at radius 2 is 1.66 bits per heavy atom. The molecule has 1 rings (SSSR count). The molecule has 4 N–H and O–H groups in total. The van der Waals surface area contributed by atoms with Crippen LogP contribution in [0.3, 0.4) is 0 Å². The predicted octanol–water partition coefficient (Wildman–Crippen LogP) is 2.50. The lowest BCUT2D eigenvalue weighted by molar-refractivity contribution is -0.145. The van der Waals surface area contributed by atoms with E-state index in [0.717, 1.165) is 24.8 Å². The average Bonchev–Trinajstić information content (AvgIpc) is 2.82. The maximum absolute atomic E-state index is 13.9. The van der Waals surface area contributed by atoms with Crippen LogP contribution < -0.4 is 16.4 Å². The van der Waals surface area contributed by atoms with Crippen molar-refractivity contribution in [3.8, 4) is 0 Å². The van der Waals surface area contributed by atoms with Gasteiger partial charge in [-0.15, -0.1) is 0 Å². The molecule has 0 radical (unpaired) electrons. The maximum atomic E-state index is 13.9. The Morgan fingerprint density at radius 1 is 1.03 bits per heavy atom. The molecular weight excluding hydrogens is 492 g/mol. The lowest BCUT2D eigenvalue weighted by atomic mass is 10.00. The Bertz CT molecular complexity index is 957. The molecule has 0 aliphatic heterocycles. The molecule has 0 fully saturated rings. The van der Waals surface area contributed by atoms with Crippen LogP contribution in [0.1, 0.15) is 77.0 Å². The van der Waals surface area contributed by atoms with Gasteiger partial charge in [0.15, 0.2) is 0 Å². The molecule has 1 aromatic rings. The molecule has 2 atom stereocenters. The molecule has 2 unspecified atom stereocenters. The van der Waals surface area contributed by atoms with Crippen molar-refractivity contribution in [1.82, 2.24) is 15.5 Å². The van der Waals surface area contributed by atoms with Gasteiger partial charge in [0.2, 0.25) is 17.7 Å². The number of nitrogens with zero attached hydrogens (tertiary/aromatic N) is 1. The third-order valence-electron chi connectivity index (χ3n) is 5.52. The third kappa shape index (κ3) is 11.6. The molecule has 0 saturated carbocycles. The molecule has 0 aliphatic carbocycles. The maximum Gasteiger partial charge on any atom is 0.408 e. The second kappa shape index (κ2) is 15.6. The van der Waals surface area contributed by atoms with Crippen LogP contribution in [-0.2, 0) is 28.7 Å². The van der Waals surface area contributed by atoms with E-state index in [4.69, 9.17) is 10.5 Å². The normalized spacial score (nSPS) is 12.6. The number of nitrogens with one attached hydrogen (secondary N) is 2. The van der Waals surface area contributed by atoms with Gasteiger partial charge in [0.1, 0.15) is 24.2 Å². The molecular formula is C27H42N4O7. The standard InChI is InChI=1S/C27H42N4O7/c1-7-8-9-10-15-31(25(35)20(16-21(28)32)30-26(36)38-27(3,4)5)23(19-13-11-18(2)12-14-19)24(34)29-17-22(33)37-6/h11-14,20,23H,7-10,15-17H2,1-6H3,(H2,28,32)(H,29,34)(H,30,36). The van der Waals surface area contributed by atoms with Gasteiger partial charge in [-0.3, -0.25) is 19.2 Å². The zero-order chi connectivity index (χ0) is 28.9. The summed E-state index contributed by atoms with van der Waals surface area (Å²) in [6.45, 7) is 8.69. The number of methoxy groups -OCH3 is 1. The fourth-order valence-electron chi connectivity index (χ4n) is 3.68. The SMILES string of the molecule is CCCCCCN(C(=O)C(CC(N)=O)NC(=O)OC(C)(C)C)C(C(=O)NCC(=O)OC)c1ccc(C)cc1. The van der Waals surface area contributed by atoms with Crippen molar-refractivity contribution >= 4 is 29.8 Å². The number of hydrogen-bond acceptors (Lipinski definition) is 7. The van der Waals surface area contributed by atoms with Crippen molar-refractivity contribution in [2.24, 2.45) is 5.73 Å². The van der Waals surface area contributed by atoms with E-state index in [1.54, 1.807) is 45.0 Å². The van der Waals surface area contributed by atoms with Crippen molar-refractivity contribution in [2.45, 2.75) is 84.4 Å². The van der Waals surface area contributed by atoms with Gasteiger partial charge in [0, 0.05) is 6.54 Å². The summed E-state index contributed by atoms with van der Waals surface area (Å²) in [5.74, 6) is -2.75. The number of ether oxygens (including phenoxy) is 2. The lowest BCUT2D eigenvalue weighted by Gasteiger charge is -2.34. The predicted molar refractivity (Wildman–Crippen MR) is 142 cm³/mol. The lowest BCUT2D eigenvalue weighted by Crippen LogP contribution is -2.54. The molecule has 0 heterocycles. The van der Waals surface area contributed by atoms with Gasteiger partial charge < -0.3 is 30.7 Å². The quantitative estimate of drug-likeness (QED) is 0.244. The first-order valence-corrected chi connectivity index (χ1v) is 12.8. The first-order valence-electron chi connectivity index (χ1n) is 12.8. The summed E-state index contributed by atoms with van der Waals surface area (Å²) in [5.41, 5.74) is 6.00. The molecule has 38 heavy (non-hydrogen) atoms. The zero-order valence-electron chi connectivity index (χ0n) is 23.3. The van der Waals surface area contributed by atoms with Gasteiger partial charge in [-0.2, -0.15) is 0 Å². The first-order chi connectivity index (χ1) is 17.8. The Hall–Kier alpha value is -3.63. The van der Waals surface area contributed by atoms with Gasteiger partial charge in [-0.1, -0.05) is 56.0 Å². The number of carbonyl (C=O) groups is 5. The molecule has 0 bridgehead atoms. The minimum atomic E-state index is -1.37. The Balaban J connectivity index is 3.47. The molecule has 4 amide bonds. The fraction of sp³-hybridized carbons (Fsp3) is 0.593. The number of rotatable bonds is 14. The minimum absolute atomic E-state index is 0.161. The van der Waals surface area contributed by atoms with Crippen molar-refractivity contribution < 1.29 is 33.4 Å². The molecule has 11 nitrogen and oxygen atoms in total. The Morgan fingerprint density at radius 3 is 2.18 bits per heavy atom. The van der Waals surface area contributed by atoms with E-state index in [1.807, 2.05) is 13.8 Å². The number of aryl methyl sites for hydroxylation is 1. The van der Waals surface area contributed by atoms with Gasteiger partial charge in [-0.25, -0.2) is 4.79 Å². The second-order valence-electron chi connectivity index (χ2n) is 10.1. The monoisotopic (exact) mass is 534 g/mol. The summed E-state index contributed by atoms with van der Waals surface area (Å²) < 4.78 is 9.89. The number of amides is 4. The Labute approximate surface area is 224 Å². The average molecular weight is 535 g/mol. The highest BCUT2D eigenvalue weighted by atomic mass is 16.6. The summed E-state index contributed by atoms with van der Waals surface area (Å²) in [6, 6.07) is 4.52. The van der Waals surface area contributed by atoms with Gasteiger partial charge in [-0.05, 0) is 39.7 Å². The van der Waals surface area contributed by atoms with E-state index in [0.29, 0.717) is 12.0 Å². The smallest absolute Gasteiger partial charge is 0.408 e. The summed E-state index contributed by atoms with van der Waals surface area (Å²) in [7, 11) is 1.20. The number of alkyl carbamates (subject to hydrolysis) is 1. The van der Waals surface area contributed by atoms with Gasteiger partial charge >= 0.3 is 12.1 Å². The van der Waals surface area contributed by atoms with Gasteiger partial charge in [0.25, 0.3) is 0 Å². The van der Waals surface area contributed by atoms with Crippen LogP contribution in [-0.4, -0.2) is 66.5 Å². The Kier molecular flexibility index (Phi) is 13.3. The fourth-order valence-corrected chi connectivity index (χ4v) is 3.68. The molecule has 0 saturated heterocycles. The molecule has 212 valence electrons. The number of hydrogen-bond donors (Lipinski definition) is 3. The number of nitrogens with two attached hydrogens (primary N) is 1. The van der Waals surface area contributed by atoms with Crippen molar-refractivity contribution in [3.05, 3.63) is 35.4 Å². The highest BCUT2D eigenvalue weighted by molar-refractivity contribution is 5.95. The van der Waals surface area contributed by atoms with Crippen LogP contribution in [0.5, 0.6) is 0 Å². The summed E-state index contributed by atoms with van der Waals surface area (Å²) in [6.07, 6.45) is 1.86. The number of unbranched alkanes of at least 4 members (excludes halogenated alkanes) is 3. The minimum Gasteiger partial charge on any atom is -0.468 e. The summed E-state index contributed by atoms with van der Waals surface area (Å²) in [4.78, 5) is 64.7. The third-order valence-corrected chi connectivity index (χ3v) is 5.52. The van der Waals surface area contributed by atoms with Crippen LogP contribution >= 0.6 is 0 Å². The van der Waals surface area contributed by atoms with Gasteiger partial charge in [0.05, 0.1) is 13.5 Å². The van der Waals surface area contributed by atoms with Crippen LogP contribution in [0.15, 0.2) is 24.3 Å². The molecule has 0 aromatic heterocycles. The van der Waals surface area contributed by atoms with Crippen molar-refractivity contribution in [3.63, 3.8) is 0 Å². The van der Waals surface area contributed by atoms with E-state index in [9.17, 15) is 24.0 Å². The summed E-state index contributed by atoms with van der Waals surface area (Å²) in [5, 5.41) is 4.97. The van der Waals surface area contributed by atoms with E-state index in [1.165, 1.54) is 12.0 Å². The number of benzene rings is 1. The molecule has 0 aliphatic rings. The van der Waals surface area contributed by atoms with E-state index >= 15 is 0 Å². The molecule has 1 aromatic carbocycles. The van der Waals surface area contributed by atoms with Crippen molar-refractivity contribution in [1.29, 1.82) is 0 Å². The van der Waals surface area contributed by atoms with Crippen molar-refractivity contribution in [2.75, 3.05) is 20.2 Å². The molecule has 11 heteroatoms. The largest absolute Gasteiger partial charge is 0.468 e. The van der Waals surface area contributed by atoms with Crippen LogP contribution in [0.2, 0.25) is 0 Å². The highest BCUT2D eigenvalue weighted by Gasteiger charge is 2.36. The van der Waals surface area contributed by atoms with E-state index < -0.39 is 60.4 Å². The number of primary amides is 1. The molecule has 0 spiro atoms. The number of carbonyl (C=O) groups excluding carboxylic acids is 5. The first kappa shape index (κ1) is 32.4. The van der Waals surface area contributed by atoms with Crippen LogP contribution in [0, 0.1) is 6.92 Å². The van der Waals surface area contributed by atoms with Crippen LogP contribution in [0.4, 0.5) is 4.79 Å². The second-order valence-corrected chi connectivity index (χ2v) is 10.1. The number of esters is 1. The highest BCUT2D eigenvalue weighted by Crippen LogP contribution is 2.24. The van der Waals surface area contributed by atoms with E-state index in [-0.39, 0.29) is 6.54 Å².